The maximum atomic E-state index is 11.0. The molecule has 3 nitrogen and oxygen atoms in total. The number of halogens is 1. The molecule has 0 aromatic rings. The second-order valence-electron chi connectivity index (χ2n) is 3.65. The highest BCUT2D eigenvalue weighted by Crippen LogP contribution is 2.28. The van der Waals surface area contributed by atoms with Gasteiger partial charge in [0.2, 0.25) is 5.91 Å². The summed E-state index contributed by atoms with van der Waals surface area (Å²) in [6, 6.07) is 0. The Balaban J connectivity index is 2.21. The topological polar surface area (TPSA) is 49.3 Å². The van der Waals surface area contributed by atoms with Crippen molar-refractivity contribution in [3.63, 3.8) is 0 Å². The van der Waals surface area contributed by atoms with Crippen LogP contribution in [0, 0.1) is 0 Å². The molecule has 0 aromatic carbocycles. The van der Waals surface area contributed by atoms with Gasteiger partial charge < -0.3 is 10.4 Å². The van der Waals surface area contributed by atoms with Crippen molar-refractivity contribution in [2.24, 2.45) is 0 Å². The molecule has 1 saturated carbocycles. The van der Waals surface area contributed by atoms with Gasteiger partial charge in [0, 0.05) is 18.8 Å². The molecule has 1 rings (SSSR count). The second kappa shape index (κ2) is 4.82. The quantitative estimate of drug-likeness (QED) is 0.674. The van der Waals surface area contributed by atoms with Crippen LogP contribution < -0.4 is 5.32 Å². The molecule has 0 unspecified atom stereocenters. The van der Waals surface area contributed by atoms with Crippen molar-refractivity contribution in [3.8, 4) is 0 Å². The Morgan fingerprint density at radius 3 is 2.62 bits per heavy atom. The van der Waals surface area contributed by atoms with Gasteiger partial charge in [0.15, 0.2) is 0 Å². The summed E-state index contributed by atoms with van der Waals surface area (Å²) in [5.74, 6) is 0.264. The maximum Gasteiger partial charge on any atom is 0.221 e. The van der Waals surface area contributed by atoms with Crippen molar-refractivity contribution in [2.45, 2.75) is 37.7 Å². The lowest BCUT2D eigenvalue weighted by Crippen LogP contribution is -2.40. The monoisotopic (exact) mass is 205 g/mol. The van der Waals surface area contributed by atoms with Crippen LogP contribution in [0.3, 0.4) is 0 Å². The average molecular weight is 206 g/mol. The van der Waals surface area contributed by atoms with E-state index in [0.717, 1.165) is 25.7 Å². The number of amides is 1. The fraction of sp³-hybridized carbons (Fsp3) is 0.889. The van der Waals surface area contributed by atoms with Crippen molar-refractivity contribution < 1.29 is 9.90 Å². The number of aliphatic hydroxyl groups is 1. The summed E-state index contributed by atoms with van der Waals surface area (Å²) in [6.07, 6.45) is 4.05. The van der Waals surface area contributed by atoms with E-state index in [9.17, 15) is 9.90 Å². The lowest BCUT2D eigenvalue weighted by Gasteiger charge is -2.22. The largest absolute Gasteiger partial charge is 0.388 e. The number of nitrogens with one attached hydrogen (secondary N) is 1. The van der Waals surface area contributed by atoms with Gasteiger partial charge in [-0.1, -0.05) is 12.8 Å². The van der Waals surface area contributed by atoms with E-state index in [1.54, 1.807) is 0 Å². The van der Waals surface area contributed by atoms with Gasteiger partial charge >= 0.3 is 0 Å². The molecule has 1 amide bonds. The zero-order valence-electron chi connectivity index (χ0n) is 7.68. The molecule has 0 heterocycles. The minimum Gasteiger partial charge on any atom is -0.388 e. The van der Waals surface area contributed by atoms with Crippen LogP contribution >= 0.6 is 11.6 Å². The predicted molar refractivity (Wildman–Crippen MR) is 51.8 cm³/mol. The van der Waals surface area contributed by atoms with Crippen LogP contribution in [-0.2, 0) is 4.79 Å². The third-order valence-corrected chi connectivity index (χ3v) is 2.66. The zero-order chi connectivity index (χ0) is 9.73. The fourth-order valence-corrected chi connectivity index (χ4v) is 1.82. The number of carbonyl (C=O) groups excluding carboxylic acids is 1. The van der Waals surface area contributed by atoms with Gasteiger partial charge in [-0.2, -0.15) is 0 Å². The molecule has 1 aliphatic carbocycles. The Labute approximate surface area is 83.5 Å². The van der Waals surface area contributed by atoms with Crippen LogP contribution in [0.15, 0.2) is 0 Å². The van der Waals surface area contributed by atoms with Gasteiger partial charge in [-0.15, -0.1) is 11.6 Å². The summed E-state index contributed by atoms with van der Waals surface area (Å²) in [5, 5.41) is 12.6. The van der Waals surface area contributed by atoms with Gasteiger partial charge in [-0.05, 0) is 12.8 Å². The zero-order valence-corrected chi connectivity index (χ0v) is 8.44. The van der Waals surface area contributed by atoms with E-state index in [0.29, 0.717) is 18.8 Å². The van der Waals surface area contributed by atoms with Gasteiger partial charge in [-0.25, -0.2) is 0 Å². The molecule has 0 atom stereocenters. The van der Waals surface area contributed by atoms with E-state index in [-0.39, 0.29) is 5.91 Å². The molecule has 4 heteroatoms. The van der Waals surface area contributed by atoms with Crippen LogP contribution in [0.4, 0.5) is 0 Å². The summed E-state index contributed by atoms with van der Waals surface area (Å²) in [4.78, 5) is 11.0. The van der Waals surface area contributed by atoms with E-state index >= 15 is 0 Å². The third-order valence-electron chi connectivity index (χ3n) is 2.47. The summed E-state index contributed by atoms with van der Waals surface area (Å²) in [5.41, 5.74) is -0.651. The molecule has 0 spiro atoms. The first kappa shape index (κ1) is 10.8. The predicted octanol–water partition coefficient (Wildman–Crippen LogP) is 1.04. The number of rotatable bonds is 4. The molecule has 0 bridgehead atoms. The van der Waals surface area contributed by atoms with E-state index in [1.807, 2.05) is 0 Å². The lowest BCUT2D eigenvalue weighted by molar-refractivity contribution is -0.121. The van der Waals surface area contributed by atoms with Crippen LogP contribution in [0.25, 0.3) is 0 Å². The Bertz CT molecular complexity index is 178. The molecular weight excluding hydrogens is 190 g/mol. The number of alkyl halides is 1. The Morgan fingerprint density at radius 2 is 2.08 bits per heavy atom. The smallest absolute Gasteiger partial charge is 0.221 e. The fourth-order valence-electron chi connectivity index (χ4n) is 1.65. The van der Waals surface area contributed by atoms with Crippen LogP contribution in [0.1, 0.15) is 32.1 Å². The highest BCUT2D eigenvalue weighted by atomic mass is 35.5. The number of carbonyl (C=O) groups is 1. The first-order chi connectivity index (χ1) is 6.16. The Hall–Kier alpha value is -0.280. The van der Waals surface area contributed by atoms with E-state index < -0.39 is 5.60 Å². The van der Waals surface area contributed by atoms with Gasteiger partial charge in [0.25, 0.3) is 0 Å². The van der Waals surface area contributed by atoms with Gasteiger partial charge in [0.1, 0.15) is 0 Å². The van der Waals surface area contributed by atoms with Crippen molar-refractivity contribution in [1.82, 2.24) is 5.32 Å². The first-order valence-corrected chi connectivity index (χ1v) is 5.25. The number of hydrogen-bond donors (Lipinski definition) is 2. The summed E-state index contributed by atoms with van der Waals surface area (Å²) < 4.78 is 0. The maximum absolute atomic E-state index is 11.0. The Kier molecular flexibility index (Phi) is 4.00. The van der Waals surface area contributed by atoms with Crippen LogP contribution in [-0.4, -0.2) is 29.0 Å². The Morgan fingerprint density at radius 1 is 1.46 bits per heavy atom. The SMILES string of the molecule is O=C(CCCl)NCC1(O)CCCC1. The highest BCUT2D eigenvalue weighted by Gasteiger charge is 2.30. The molecular formula is C9H16ClNO2. The second-order valence-corrected chi connectivity index (χ2v) is 4.03. The van der Waals surface area contributed by atoms with Crippen molar-refractivity contribution in [2.75, 3.05) is 12.4 Å². The minimum atomic E-state index is -0.651. The molecule has 1 fully saturated rings. The van der Waals surface area contributed by atoms with Crippen LogP contribution in [0.5, 0.6) is 0 Å². The molecule has 0 radical (unpaired) electrons. The molecule has 0 saturated heterocycles. The van der Waals surface area contributed by atoms with Crippen molar-refractivity contribution in [3.05, 3.63) is 0 Å². The average Bonchev–Trinajstić information content (AvgIpc) is 2.51. The molecule has 76 valence electrons. The molecule has 0 aliphatic heterocycles. The van der Waals surface area contributed by atoms with Crippen molar-refractivity contribution in [1.29, 1.82) is 0 Å². The normalized spacial score (nSPS) is 20.2. The molecule has 1 aliphatic rings. The summed E-state index contributed by atoms with van der Waals surface area (Å²) in [6.45, 7) is 0.378. The molecule has 13 heavy (non-hydrogen) atoms. The van der Waals surface area contributed by atoms with Crippen molar-refractivity contribution >= 4 is 17.5 Å². The number of hydrogen-bond acceptors (Lipinski definition) is 2. The summed E-state index contributed by atoms with van der Waals surface area (Å²) in [7, 11) is 0. The minimum absolute atomic E-state index is 0.0738. The first-order valence-electron chi connectivity index (χ1n) is 4.71. The van der Waals surface area contributed by atoms with E-state index in [2.05, 4.69) is 5.32 Å². The molecule has 2 N–H and O–H groups in total. The standard InChI is InChI=1S/C9H16ClNO2/c10-6-3-8(12)11-7-9(13)4-1-2-5-9/h13H,1-7H2,(H,11,12). The highest BCUT2D eigenvalue weighted by molar-refractivity contribution is 6.18. The van der Waals surface area contributed by atoms with E-state index in [4.69, 9.17) is 11.6 Å². The van der Waals surface area contributed by atoms with Crippen LogP contribution in [0.2, 0.25) is 0 Å². The van der Waals surface area contributed by atoms with Gasteiger partial charge in [-0.3, -0.25) is 4.79 Å². The molecule has 0 aromatic heterocycles. The third kappa shape index (κ3) is 3.53. The lowest BCUT2D eigenvalue weighted by atomic mass is 10.0. The van der Waals surface area contributed by atoms with Gasteiger partial charge in [0.05, 0.1) is 5.60 Å². The van der Waals surface area contributed by atoms with E-state index in [1.165, 1.54) is 0 Å². The summed E-state index contributed by atoms with van der Waals surface area (Å²) >= 11 is 5.40.